The molecule has 0 unspecified atom stereocenters. The van der Waals surface area contributed by atoms with E-state index >= 15 is 0 Å². The van der Waals surface area contributed by atoms with Crippen LogP contribution in [0.4, 0.5) is 4.79 Å². The summed E-state index contributed by atoms with van der Waals surface area (Å²) in [5.41, 5.74) is 5.57. The lowest BCUT2D eigenvalue weighted by atomic mass is 10.2. The first-order valence-corrected chi connectivity index (χ1v) is 7.10. The van der Waals surface area contributed by atoms with Crippen molar-refractivity contribution in [3.63, 3.8) is 0 Å². The summed E-state index contributed by atoms with van der Waals surface area (Å²) in [6, 6.07) is 2.29. The molecule has 1 aromatic carbocycles. The molecule has 0 aliphatic heterocycles. The molecule has 0 atom stereocenters. The Kier molecular flexibility index (Phi) is 7.28. The van der Waals surface area contributed by atoms with Gasteiger partial charge in [-0.25, -0.2) is 4.79 Å². The van der Waals surface area contributed by atoms with Crippen LogP contribution in [-0.4, -0.2) is 25.1 Å². The number of nitrogens with one attached hydrogen (secondary N) is 2. The molecule has 3 amide bonds. The lowest BCUT2D eigenvalue weighted by Crippen LogP contribution is -2.38. The Morgan fingerprint density at radius 2 is 2.05 bits per heavy atom. The van der Waals surface area contributed by atoms with Crippen molar-refractivity contribution in [3.05, 3.63) is 27.7 Å². The van der Waals surface area contributed by atoms with Crippen molar-refractivity contribution in [1.29, 1.82) is 0 Å². The van der Waals surface area contributed by atoms with Crippen molar-refractivity contribution in [2.45, 2.75) is 19.9 Å². The molecule has 6 nitrogen and oxygen atoms in total. The molecule has 116 valence electrons. The second-order valence-electron chi connectivity index (χ2n) is 4.25. The van der Waals surface area contributed by atoms with Gasteiger partial charge in [-0.2, -0.15) is 0 Å². The molecular weight excluding hydrogens is 317 g/mol. The Labute approximate surface area is 132 Å². The summed E-state index contributed by atoms with van der Waals surface area (Å²) < 4.78 is 5.37. The van der Waals surface area contributed by atoms with Crippen molar-refractivity contribution in [2.24, 2.45) is 5.73 Å². The Morgan fingerprint density at radius 3 is 2.67 bits per heavy atom. The summed E-state index contributed by atoms with van der Waals surface area (Å²) >= 11 is 12.0. The van der Waals surface area contributed by atoms with Crippen LogP contribution in [0.5, 0.6) is 5.75 Å². The molecule has 0 aromatic heterocycles. The van der Waals surface area contributed by atoms with E-state index < -0.39 is 11.9 Å². The number of ether oxygens (including phenoxy) is 1. The number of primary amides is 1. The first kappa shape index (κ1) is 17.6. The third-order valence-corrected chi connectivity index (χ3v) is 2.94. The maximum atomic E-state index is 11.4. The van der Waals surface area contributed by atoms with Gasteiger partial charge in [0.25, 0.3) is 5.91 Å². The third-order valence-electron chi connectivity index (χ3n) is 2.44. The minimum Gasteiger partial charge on any atom is -0.482 e. The first-order valence-electron chi connectivity index (χ1n) is 6.34. The lowest BCUT2D eigenvalue weighted by molar-refractivity contribution is -0.121. The van der Waals surface area contributed by atoms with Crippen LogP contribution in [0.1, 0.15) is 18.9 Å². The quantitative estimate of drug-likeness (QED) is 0.666. The van der Waals surface area contributed by atoms with Gasteiger partial charge in [-0.3, -0.25) is 10.1 Å². The molecule has 0 spiro atoms. The Hall–Kier alpha value is -1.50. The Bertz CT molecular complexity index is 524. The molecule has 0 fully saturated rings. The van der Waals surface area contributed by atoms with Gasteiger partial charge >= 0.3 is 6.03 Å². The van der Waals surface area contributed by atoms with E-state index in [9.17, 15) is 9.59 Å². The van der Waals surface area contributed by atoms with Crippen molar-refractivity contribution in [1.82, 2.24) is 10.6 Å². The number of amides is 3. The normalized spacial score (nSPS) is 10.2. The van der Waals surface area contributed by atoms with E-state index in [-0.39, 0.29) is 6.61 Å². The minimum atomic E-state index is -0.935. The van der Waals surface area contributed by atoms with Gasteiger partial charge in [-0.05, 0) is 25.1 Å². The van der Waals surface area contributed by atoms with E-state index in [0.717, 1.165) is 18.5 Å². The van der Waals surface area contributed by atoms with Crippen LogP contribution in [0.25, 0.3) is 0 Å². The number of halogens is 2. The standard InChI is InChI=1S/C13H17Cl2N3O3/c1-2-3-17-6-8-4-9(14)5-10(15)12(8)21-7-11(19)18-13(16)20/h4-5,17H,2-3,6-7H2,1H3,(H3,16,18,19,20). The predicted molar refractivity (Wildman–Crippen MR) is 81.7 cm³/mol. The highest BCUT2D eigenvalue weighted by Gasteiger charge is 2.13. The third kappa shape index (κ3) is 6.20. The fourth-order valence-electron chi connectivity index (χ4n) is 1.62. The number of hydrogen-bond donors (Lipinski definition) is 3. The first-order chi connectivity index (χ1) is 9.93. The van der Waals surface area contributed by atoms with Gasteiger partial charge in [0, 0.05) is 17.1 Å². The average Bonchev–Trinajstić information content (AvgIpc) is 2.36. The van der Waals surface area contributed by atoms with Crippen molar-refractivity contribution in [3.8, 4) is 5.75 Å². The predicted octanol–water partition coefficient (Wildman–Crippen LogP) is 2.07. The Morgan fingerprint density at radius 1 is 1.33 bits per heavy atom. The van der Waals surface area contributed by atoms with Gasteiger partial charge in [-0.15, -0.1) is 0 Å². The molecule has 21 heavy (non-hydrogen) atoms. The molecule has 1 aromatic rings. The lowest BCUT2D eigenvalue weighted by Gasteiger charge is -2.14. The number of carbonyl (C=O) groups is 2. The largest absolute Gasteiger partial charge is 0.482 e. The van der Waals surface area contributed by atoms with Gasteiger partial charge < -0.3 is 15.8 Å². The monoisotopic (exact) mass is 333 g/mol. The summed E-state index contributed by atoms with van der Waals surface area (Å²) in [5, 5.41) is 5.87. The molecule has 1 rings (SSSR count). The van der Waals surface area contributed by atoms with Crippen LogP contribution in [0.2, 0.25) is 10.0 Å². The molecule has 0 heterocycles. The zero-order valence-corrected chi connectivity index (χ0v) is 13.1. The van der Waals surface area contributed by atoms with Gasteiger partial charge in [0.1, 0.15) is 5.75 Å². The summed E-state index contributed by atoms with van der Waals surface area (Å²) in [6.07, 6.45) is 0.978. The number of rotatable bonds is 7. The molecule has 8 heteroatoms. The van der Waals surface area contributed by atoms with E-state index in [0.29, 0.717) is 22.3 Å². The van der Waals surface area contributed by atoms with Crippen molar-refractivity contribution in [2.75, 3.05) is 13.2 Å². The second kappa shape index (κ2) is 8.71. The van der Waals surface area contributed by atoms with Crippen molar-refractivity contribution < 1.29 is 14.3 Å². The zero-order chi connectivity index (χ0) is 15.8. The molecular formula is C13H17Cl2N3O3. The molecule has 0 radical (unpaired) electrons. The van der Waals surface area contributed by atoms with Gasteiger partial charge in [0.05, 0.1) is 5.02 Å². The van der Waals surface area contributed by atoms with Gasteiger partial charge in [-0.1, -0.05) is 30.1 Å². The number of nitrogens with two attached hydrogens (primary N) is 1. The minimum absolute atomic E-state index is 0.294. The Balaban J connectivity index is 2.78. The highest BCUT2D eigenvalue weighted by molar-refractivity contribution is 6.35. The zero-order valence-electron chi connectivity index (χ0n) is 11.5. The highest BCUT2D eigenvalue weighted by atomic mass is 35.5. The highest BCUT2D eigenvalue weighted by Crippen LogP contribution is 2.32. The van der Waals surface area contributed by atoms with Gasteiger partial charge in [0.15, 0.2) is 6.61 Å². The van der Waals surface area contributed by atoms with Crippen LogP contribution in [0, 0.1) is 0 Å². The van der Waals surface area contributed by atoms with E-state index in [1.807, 2.05) is 12.2 Å². The smallest absolute Gasteiger partial charge is 0.318 e. The summed E-state index contributed by atoms with van der Waals surface area (Å²) in [4.78, 5) is 21.9. The van der Waals surface area contributed by atoms with E-state index in [2.05, 4.69) is 5.32 Å². The maximum Gasteiger partial charge on any atom is 0.318 e. The van der Waals surface area contributed by atoms with Crippen LogP contribution < -0.4 is 21.1 Å². The van der Waals surface area contributed by atoms with Crippen LogP contribution in [0.15, 0.2) is 12.1 Å². The van der Waals surface area contributed by atoms with E-state index in [1.165, 1.54) is 6.07 Å². The molecule has 0 aliphatic carbocycles. The van der Waals surface area contributed by atoms with Crippen LogP contribution in [0.3, 0.4) is 0 Å². The summed E-state index contributed by atoms with van der Waals surface area (Å²) in [5.74, 6) is -0.301. The number of imide groups is 1. The summed E-state index contributed by atoms with van der Waals surface area (Å²) in [7, 11) is 0. The average molecular weight is 334 g/mol. The maximum absolute atomic E-state index is 11.4. The fraction of sp³-hybridized carbons (Fsp3) is 0.385. The SMILES string of the molecule is CCCNCc1cc(Cl)cc(Cl)c1OCC(=O)NC(N)=O. The number of benzene rings is 1. The number of urea groups is 1. The topological polar surface area (TPSA) is 93.4 Å². The summed E-state index contributed by atoms with van der Waals surface area (Å²) in [6.45, 7) is 3.00. The van der Waals surface area contributed by atoms with Crippen molar-refractivity contribution >= 4 is 35.1 Å². The van der Waals surface area contributed by atoms with E-state index in [4.69, 9.17) is 33.7 Å². The van der Waals surface area contributed by atoms with Crippen LogP contribution in [-0.2, 0) is 11.3 Å². The number of carbonyl (C=O) groups excluding carboxylic acids is 2. The van der Waals surface area contributed by atoms with Gasteiger partial charge in [0.2, 0.25) is 0 Å². The molecule has 0 saturated carbocycles. The van der Waals surface area contributed by atoms with E-state index in [1.54, 1.807) is 6.07 Å². The molecule has 0 bridgehead atoms. The molecule has 0 aliphatic rings. The molecule has 0 saturated heterocycles. The van der Waals surface area contributed by atoms with Crippen LogP contribution >= 0.6 is 23.2 Å². The second-order valence-corrected chi connectivity index (χ2v) is 5.10. The fourth-order valence-corrected chi connectivity index (χ4v) is 2.21. The molecule has 4 N–H and O–H groups in total. The number of hydrogen-bond acceptors (Lipinski definition) is 4.